The highest BCUT2D eigenvalue weighted by molar-refractivity contribution is 6.20. The van der Waals surface area contributed by atoms with Crippen LogP contribution in [0.1, 0.15) is 52.4 Å². The molecular weight excluding hydrogens is 210 g/mol. The number of nitrogens with one attached hydrogen (secondary N) is 1. The van der Waals surface area contributed by atoms with Gasteiger partial charge in [0.15, 0.2) is 0 Å². The van der Waals surface area contributed by atoms with Crippen molar-refractivity contribution in [3.8, 4) is 0 Å². The standard InChI is InChI=1S/C12H22ClNO/c1-3-10(13)9-14-11(15)12(2)7-5-4-6-8-12/h10H,3-9H2,1-2H3,(H,14,15). The third-order valence-electron chi connectivity index (χ3n) is 3.43. The van der Waals surface area contributed by atoms with Crippen molar-refractivity contribution in [1.82, 2.24) is 5.32 Å². The lowest BCUT2D eigenvalue weighted by atomic mass is 9.75. The maximum Gasteiger partial charge on any atom is 0.225 e. The minimum Gasteiger partial charge on any atom is -0.354 e. The summed E-state index contributed by atoms with van der Waals surface area (Å²) < 4.78 is 0. The molecule has 0 heterocycles. The molecular formula is C12H22ClNO. The second-order valence-electron chi connectivity index (χ2n) is 4.84. The molecule has 0 radical (unpaired) electrons. The van der Waals surface area contributed by atoms with Gasteiger partial charge in [-0.2, -0.15) is 0 Å². The number of rotatable bonds is 4. The fourth-order valence-electron chi connectivity index (χ4n) is 2.12. The third kappa shape index (κ3) is 3.67. The molecule has 0 aliphatic heterocycles. The second-order valence-corrected chi connectivity index (χ2v) is 5.45. The van der Waals surface area contributed by atoms with Crippen LogP contribution < -0.4 is 5.32 Å². The van der Waals surface area contributed by atoms with Gasteiger partial charge in [0.2, 0.25) is 5.91 Å². The van der Waals surface area contributed by atoms with Crippen molar-refractivity contribution in [2.24, 2.45) is 5.41 Å². The maximum atomic E-state index is 12.0. The van der Waals surface area contributed by atoms with Gasteiger partial charge in [0.25, 0.3) is 0 Å². The minimum absolute atomic E-state index is 0.0705. The van der Waals surface area contributed by atoms with Gasteiger partial charge in [0, 0.05) is 12.0 Å². The van der Waals surface area contributed by atoms with E-state index < -0.39 is 0 Å². The molecule has 1 saturated carbocycles. The predicted molar refractivity (Wildman–Crippen MR) is 64.1 cm³/mol. The molecule has 0 aromatic rings. The predicted octanol–water partition coefficient (Wildman–Crippen LogP) is 3.09. The Kier molecular flexibility index (Phi) is 4.91. The van der Waals surface area contributed by atoms with Crippen LogP contribution in [0.25, 0.3) is 0 Å². The van der Waals surface area contributed by atoms with E-state index in [-0.39, 0.29) is 16.7 Å². The van der Waals surface area contributed by atoms with Gasteiger partial charge in [-0.15, -0.1) is 11.6 Å². The molecule has 1 rings (SSSR count). The first-order chi connectivity index (χ1) is 7.08. The van der Waals surface area contributed by atoms with Gasteiger partial charge in [-0.1, -0.05) is 33.1 Å². The van der Waals surface area contributed by atoms with Gasteiger partial charge in [-0.3, -0.25) is 4.79 Å². The Balaban J connectivity index is 2.37. The van der Waals surface area contributed by atoms with E-state index in [1.54, 1.807) is 0 Å². The molecule has 1 aliphatic carbocycles. The normalized spacial score (nSPS) is 22.1. The zero-order valence-corrected chi connectivity index (χ0v) is 10.6. The quantitative estimate of drug-likeness (QED) is 0.741. The Morgan fingerprint density at radius 3 is 2.53 bits per heavy atom. The molecule has 2 nitrogen and oxygen atoms in total. The number of carbonyl (C=O) groups is 1. The maximum absolute atomic E-state index is 12.0. The molecule has 0 aromatic carbocycles. The largest absolute Gasteiger partial charge is 0.354 e. The molecule has 0 saturated heterocycles. The van der Waals surface area contributed by atoms with Crippen molar-refractivity contribution in [1.29, 1.82) is 0 Å². The average molecular weight is 232 g/mol. The molecule has 1 N–H and O–H groups in total. The lowest BCUT2D eigenvalue weighted by molar-refractivity contribution is -0.131. The highest BCUT2D eigenvalue weighted by atomic mass is 35.5. The van der Waals surface area contributed by atoms with Crippen molar-refractivity contribution >= 4 is 17.5 Å². The average Bonchev–Trinajstić information content (AvgIpc) is 2.26. The summed E-state index contributed by atoms with van der Waals surface area (Å²) in [4.78, 5) is 12.0. The van der Waals surface area contributed by atoms with Crippen LogP contribution in [-0.2, 0) is 4.79 Å². The van der Waals surface area contributed by atoms with E-state index >= 15 is 0 Å². The van der Waals surface area contributed by atoms with E-state index in [9.17, 15) is 4.79 Å². The summed E-state index contributed by atoms with van der Waals surface area (Å²) in [6.45, 7) is 4.72. The summed E-state index contributed by atoms with van der Waals surface area (Å²) in [6.07, 6.45) is 6.59. The van der Waals surface area contributed by atoms with Gasteiger partial charge in [0.05, 0.1) is 5.38 Å². The smallest absolute Gasteiger partial charge is 0.225 e. The zero-order chi connectivity index (χ0) is 11.3. The first-order valence-corrected chi connectivity index (χ1v) is 6.44. The molecule has 1 aliphatic rings. The van der Waals surface area contributed by atoms with Crippen LogP contribution in [-0.4, -0.2) is 17.8 Å². The van der Waals surface area contributed by atoms with Crippen molar-refractivity contribution in [2.75, 3.05) is 6.54 Å². The number of alkyl halides is 1. The molecule has 88 valence electrons. The zero-order valence-electron chi connectivity index (χ0n) is 9.81. The van der Waals surface area contributed by atoms with E-state index in [1.165, 1.54) is 19.3 Å². The lowest BCUT2D eigenvalue weighted by Gasteiger charge is -2.32. The van der Waals surface area contributed by atoms with E-state index in [0.717, 1.165) is 19.3 Å². The van der Waals surface area contributed by atoms with Gasteiger partial charge < -0.3 is 5.32 Å². The summed E-state index contributed by atoms with van der Waals surface area (Å²) in [7, 11) is 0. The Morgan fingerprint density at radius 1 is 1.40 bits per heavy atom. The van der Waals surface area contributed by atoms with E-state index in [2.05, 4.69) is 12.2 Å². The first kappa shape index (κ1) is 12.8. The van der Waals surface area contributed by atoms with Crippen LogP contribution >= 0.6 is 11.6 Å². The molecule has 15 heavy (non-hydrogen) atoms. The number of hydrogen-bond acceptors (Lipinski definition) is 1. The van der Waals surface area contributed by atoms with Gasteiger partial charge in [-0.25, -0.2) is 0 Å². The fraction of sp³-hybridized carbons (Fsp3) is 0.917. The number of amides is 1. The summed E-state index contributed by atoms with van der Waals surface area (Å²) in [6, 6.07) is 0. The summed E-state index contributed by atoms with van der Waals surface area (Å²) >= 11 is 5.98. The Labute approximate surface area is 97.8 Å². The SMILES string of the molecule is CCC(Cl)CNC(=O)C1(C)CCCCC1. The molecule has 3 heteroatoms. The van der Waals surface area contributed by atoms with Crippen molar-refractivity contribution < 1.29 is 4.79 Å². The molecule has 1 unspecified atom stereocenters. The fourth-order valence-corrected chi connectivity index (χ4v) is 2.20. The van der Waals surface area contributed by atoms with Crippen molar-refractivity contribution in [3.05, 3.63) is 0 Å². The molecule has 1 atom stereocenters. The van der Waals surface area contributed by atoms with Crippen LogP contribution in [0.4, 0.5) is 0 Å². The van der Waals surface area contributed by atoms with Gasteiger partial charge in [-0.05, 0) is 19.3 Å². The Hall–Kier alpha value is -0.240. The third-order valence-corrected chi connectivity index (χ3v) is 3.90. The highest BCUT2D eigenvalue weighted by Gasteiger charge is 2.34. The Bertz CT molecular complexity index is 212. The monoisotopic (exact) mass is 231 g/mol. The summed E-state index contributed by atoms with van der Waals surface area (Å²) in [5.41, 5.74) is -0.136. The summed E-state index contributed by atoms with van der Waals surface area (Å²) in [5, 5.41) is 3.04. The number of halogens is 1. The van der Waals surface area contributed by atoms with E-state index in [1.807, 2.05) is 6.92 Å². The first-order valence-electron chi connectivity index (χ1n) is 6.01. The molecule has 0 aromatic heterocycles. The van der Waals surface area contributed by atoms with Crippen LogP contribution in [0.5, 0.6) is 0 Å². The van der Waals surface area contributed by atoms with Gasteiger partial charge >= 0.3 is 0 Å². The van der Waals surface area contributed by atoms with Crippen molar-refractivity contribution in [3.63, 3.8) is 0 Å². The van der Waals surface area contributed by atoms with Crippen LogP contribution in [0.15, 0.2) is 0 Å². The topological polar surface area (TPSA) is 29.1 Å². The van der Waals surface area contributed by atoms with E-state index in [4.69, 9.17) is 11.6 Å². The molecule has 0 bridgehead atoms. The Morgan fingerprint density at radius 2 is 2.00 bits per heavy atom. The van der Waals surface area contributed by atoms with E-state index in [0.29, 0.717) is 6.54 Å². The van der Waals surface area contributed by atoms with Gasteiger partial charge in [0.1, 0.15) is 0 Å². The molecule has 0 spiro atoms. The highest BCUT2D eigenvalue weighted by Crippen LogP contribution is 2.35. The van der Waals surface area contributed by atoms with Crippen LogP contribution in [0.2, 0.25) is 0 Å². The number of hydrogen-bond donors (Lipinski definition) is 1. The lowest BCUT2D eigenvalue weighted by Crippen LogP contribution is -2.42. The molecule has 1 amide bonds. The second kappa shape index (κ2) is 5.74. The number of carbonyl (C=O) groups excluding carboxylic acids is 1. The summed E-state index contributed by atoms with van der Waals surface area (Å²) in [5.74, 6) is 0.196. The van der Waals surface area contributed by atoms with Crippen molar-refractivity contribution in [2.45, 2.75) is 57.7 Å². The van der Waals surface area contributed by atoms with Crippen LogP contribution in [0, 0.1) is 5.41 Å². The molecule has 1 fully saturated rings. The van der Waals surface area contributed by atoms with Crippen LogP contribution in [0.3, 0.4) is 0 Å². The minimum atomic E-state index is -0.136.